The third-order valence-corrected chi connectivity index (χ3v) is 3.56. The molecule has 0 saturated heterocycles. The molecule has 0 N–H and O–H groups in total. The summed E-state index contributed by atoms with van der Waals surface area (Å²) in [5, 5.41) is 2.09. The van der Waals surface area contributed by atoms with E-state index in [1.165, 1.54) is 29.7 Å². The van der Waals surface area contributed by atoms with Crippen LogP contribution in [-0.4, -0.2) is 4.98 Å². The summed E-state index contributed by atoms with van der Waals surface area (Å²) in [6, 6.07) is 8.52. The number of hydrogen-bond acceptors (Lipinski definition) is 2. The van der Waals surface area contributed by atoms with E-state index in [4.69, 9.17) is 0 Å². The fourth-order valence-electron chi connectivity index (χ4n) is 1.72. The summed E-state index contributed by atoms with van der Waals surface area (Å²) >= 11 is 1.74. The molecule has 16 heavy (non-hydrogen) atoms. The van der Waals surface area contributed by atoms with Gasteiger partial charge in [-0.15, -0.1) is 11.3 Å². The van der Waals surface area contributed by atoms with Crippen LogP contribution in [0.4, 0.5) is 0 Å². The lowest BCUT2D eigenvalue weighted by Gasteiger charge is -2.01. The third-order valence-electron chi connectivity index (χ3n) is 2.67. The van der Waals surface area contributed by atoms with E-state index < -0.39 is 0 Å². The van der Waals surface area contributed by atoms with E-state index in [2.05, 4.69) is 41.6 Å². The molecule has 0 radical (unpaired) electrons. The van der Waals surface area contributed by atoms with Gasteiger partial charge in [0.05, 0.1) is 10.6 Å². The van der Waals surface area contributed by atoms with Crippen molar-refractivity contribution >= 4 is 11.3 Å². The molecule has 0 atom stereocenters. The summed E-state index contributed by atoms with van der Waals surface area (Å²) in [5.41, 5.74) is 2.45. The minimum Gasteiger partial charge on any atom is -0.255 e. The molecular weight excluding hydrogens is 214 g/mol. The van der Waals surface area contributed by atoms with Crippen LogP contribution < -0.4 is 0 Å². The van der Waals surface area contributed by atoms with Gasteiger partial charge in [-0.2, -0.15) is 0 Å². The lowest BCUT2D eigenvalue weighted by Crippen LogP contribution is -1.88. The number of pyridine rings is 1. The molecule has 0 spiro atoms. The zero-order valence-electron chi connectivity index (χ0n) is 9.65. The molecule has 84 valence electrons. The average molecular weight is 231 g/mol. The van der Waals surface area contributed by atoms with Gasteiger partial charge in [0.2, 0.25) is 0 Å². The standard InChI is InChI=1S/C14H17NS/c1-2-3-4-6-12-8-9-13(15-11-12)14-7-5-10-16-14/h5,7-11H,2-4,6H2,1H3. The molecule has 0 amide bonds. The maximum absolute atomic E-state index is 4.51. The Morgan fingerprint density at radius 1 is 1.19 bits per heavy atom. The zero-order valence-corrected chi connectivity index (χ0v) is 10.5. The molecule has 2 heterocycles. The Kier molecular flexibility index (Phi) is 4.11. The van der Waals surface area contributed by atoms with Crippen molar-refractivity contribution in [2.24, 2.45) is 0 Å². The fraction of sp³-hybridized carbons (Fsp3) is 0.357. The monoisotopic (exact) mass is 231 g/mol. The van der Waals surface area contributed by atoms with Gasteiger partial charge < -0.3 is 0 Å². The third kappa shape index (κ3) is 2.92. The van der Waals surface area contributed by atoms with Crippen molar-refractivity contribution in [2.45, 2.75) is 32.6 Å². The summed E-state index contributed by atoms with van der Waals surface area (Å²) in [7, 11) is 0. The molecule has 2 aromatic rings. The summed E-state index contributed by atoms with van der Waals surface area (Å²) in [6.45, 7) is 2.23. The van der Waals surface area contributed by atoms with E-state index in [-0.39, 0.29) is 0 Å². The predicted molar refractivity (Wildman–Crippen MR) is 70.8 cm³/mol. The Bertz CT molecular complexity index is 403. The van der Waals surface area contributed by atoms with Crippen LogP contribution in [0.1, 0.15) is 31.7 Å². The Morgan fingerprint density at radius 2 is 2.12 bits per heavy atom. The van der Waals surface area contributed by atoms with Crippen molar-refractivity contribution in [1.29, 1.82) is 0 Å². The second kappa shape index (κ2) is 5.80. The van der Waals surface area contributed by atoms with Crippen molar-refractivity contribution in [3.05, 3.63) is 41.4 Å². The van der Waals surface area contributed by atoms with Gasteiger partial charge in [0.15, 0.2) is 0 Å². The Labute approximate surface area is 101 Å². The van der Waals surface area contributed by atoms with Crippen LogP contribution >= 0.6 is 11.3 Å². The number of nitrogens with zero attached hydrogens (tertiary/aromatic N) is 1. The maximum Gasteiger partial charge on any atom is 0.0801 e. The largest absolute Gasteiger partial charge is 0.255 e. The van der Waals surface area contributed by atoms with E-state index in [1.807, 2.05) is 6.20 Å². The number of thiophene rings is 1. The van der Waals surface area contributed by atoms with Crippen LogP contribution in [-0.2, 0) is 6.42 Å². The highest BCUT2D eigenvalue weighted by Crippen LogP contribution is 2.22. The van der Waals surface area contributed by atoms with Crippen molar-refractivity contribution in [3.8, 4) is 10.6 Å². The first-order chi connectivity index (χ1) is 7.90. The molecular formula is C14H17NS. The Hall–Kier alpha value is -1.15. The summed E-state index contributed by atoms with van der Waals surface area (Å²) in [6.07, 6.45) is 7.04. The first-order valence-electron chi connectivity index (χ1n) is 5.89. The lowest BCUT2D eigenvalue weighted by atomic mass is 10.1. The van der Waals surface area contributed by atoms with Gasteiger partial charge >= 0.3 is 0 Å². The van der Waals surface area contributed by atoms with Gasteiger partial charge in [0, 0.05) is 6.20 Å². The van der Waals surface area contributed by atoms with Crippen molar-refractivity contribution in [2.75, 3.05) is 0 Å². The molecule has 0 bridgehead atoms. The molecule has 0 fully saturated rings. The van der Waals surface area contributed by atoms with Crippen LogP contribution in [0.5, 0.6) is 0 Å². The first kappa shape index (κ1) is 11.3. The molecule has 0 aliphatic carbocycles. The van der Waals surface area contributed by atoms with Gasteiger partial charge in [0.1, 0.15) is 0 Å². The van der Waals surface area contributed by atoms with Gasteiger partial charge in [0.25, 0.3) is 0 Å². The topological polar surface area (TPSA) is 12.9 Å². The van der Waals surface area contributed by atoms with Crippen LogP contribution in [0.2, 0.25) is 0 Å². The molecule has 0 saturated carbocycles. The summed E-state index contributed by atoms with van der Waals surface area (Å²) < 4.78 is 0. The lowest BCUT2D eigenvalue weighted by molar-refractivity contribution is 0.716. The Morgan fingerprint density at radius 3 is 2.75 bits per heavy atom. The van der Waals surface area contributed by atoms with Crippen molar-refractivity contribution in [3.63, 3.8) is 0 Å². The smallest absolute Gasteiger partial charge is 0.0801 e. The predicted octanol–water partition coefficient (Wildman–Crippen LogP) is 4.54. The van der Waals surface area contributed by atoms with E-state index in [0.717, 1.165) is 12.1 Å². The molecule has 0 unspecified atom stereocenters. The Balaban J connectivity index is 2.00. The van der Waals surface area contributed by atoms with Crippen molar-refractivity contribution < 1.29 is 0 Å². The van der Waals surface area contributed by atoms with E-state index in [0.29, 0.717) is 0 Å². The zero-order chi connectivity index (χ0) is 11.2. The molecule has 0 aliphatic rings. The van der Waals surface area contributed by atoms with Crippen LogP contribution in [0, 0.1) is 0 Å². The van der Waals surface area contributed by atoms with Gasteiger partial charge in [-0.3, -0.25) is 4.98 Å². The summed E-state index contributed by atoms with van der Waals surface area (Å²) in [4.78, 5) is 5.76. The highest BCUT2D eigenvalue weighted by molar-refractivity contribution is 7.13. The maximum atomic E-state index is 4.51. The number of hydrogen-bond donors (Lipinski definition) is 0. The summed E-state index contributed by atoms with van der Waals surface area (Å²) in [5.74, 6) is 0. The number of aryl methyl sites for hydroxylation is 1. The molecule has 2 aromatic heterocycles. The van der Waals surface area contributed by atoms with Gasteiger partial charge in [-0.1, -0.05) is 31.9 Å². The minimum atomic E-state index is 1.09. The quantitative estimate of drug-likeness (QED) is 0.688. The normalized spacial score (nSPS) is 10.6. The number of rotatable bonds is 5. The first-order valence-corrected chi connectivity index (χ1v) is 6.77. The van der Waals surface area contributed by atoms with E-state index >= 15 is 0 Å². The van der Waals surface area contributed by atoms with E-state index in [9.17, 15) is 0 Å². The van der Waals surface area contributed by atoms with Crippen LogP contribution in [0.15, 0.2) is 35.8 Å². The SMILES string of the molecule is CCCCCc1ccc(-c2cccs2)nc1. The molecule has 2 heteroatoms. The highest BCUT2D eigenvalue weighted by Gasteiger charge is 2.00. The number of aromatic nitrogens is 1. The minimum absolute atomic E-state index is 1.09. The van der Waals surface area contributed by atoms with E-state index in [1.54, 1.807) is 11.3 Å². The highest BCUT2D eigenvalue weighted by atomic mass is 32.1. The second-order valence-corrected chi connectivity index (χ2v) is 4.93. The molecule has 0 aliphatic heterocycles. The molecule has 1 nitrogen and oxygen atoms in total. The van der Waals surface area contributed by atoms with Crippen LogP contribution in [0.3, 0.4) is 0 Å². The van der Waals surface area contributed by atoms with Crippen LogP contribution in [0.25, 0.3) is 10.6 Å². The van der Waals surface area contributed by atoms with Gasteiger partial charge in [-0.25, -0.2) is 0 Å². The molecule has 2 rings (SSSR count). The van der Waals surface area contributed by atoms with Crippen molar-refractivity contribution in [1.82, 2.24) is 4.98 Å². The fourth-order valence-corrected chi connectivity index (χ4v) is 2.42. The number of unbranched alkanes of at least 4 members (excludes halogenated alkanes) is 2. The van der Waals surface area contributed by atoms with Gasteiger partial charge in [-0.05, 0) is 35.9 Å². The average Bonchev–Trinajstić information content (AvgIpc) is 2.84. The second-order valence-electron chi connectivity index (χ2n) is 3.99. The molecule has 0 aromatic carbocycles.